The van der Waals surface area contributed by atoms with E-state index in [0.29, 0.717) is 17.1 Å². The number of carbonyl (C=O) groups is 1. The minimum atomic E-state index is 0.390. The SMILES string of the molecule is COc1ccc(-c2nsc(C=O)n2)cc1. The van der Waals surface area contributed by atoms with Crippen LogP contribution >= 0.6 is 11.5 Å². The number of aromatic nitrogens is 2. The van der Waals surface area contributed by atoms with E-state index in [2.05, 4.69) is 9.36 Å². The molecule has 1 aromatic carbocycles. The number of aldehydes is 1. The number of methoxy groups -OCH3 is 1. The molecule has 0 unspecified atom stereocenters. The minimum absolute atomic E-state index is 0.390. The van der Waals surface area contributed by atoms with Crippen LogP contribution in [0.5, 0.6) is 5.75 Å². The number of nitrogens with zero attached hydrogens (tertiary/aromatic N) is 2. The first-order chi connectivity index (χ1) is 7.33. The van der Waals surface area contributed by atoms with E-state index in [9.17, 15) is 4.79 Å². The molecule has 0 aliphatic carbocycles. The molecular formula is C10H8N2O2S. The van der Waals surface area contributed by atoms with Gasteiger partial charge in [-0.05, 0) is 35.8 Å². The third-order valence-corrected chi connectivity index (χ3v) is 2.53. The van der Waals surface area contributed by atoms with Gasteiger partial charge in [-0.15, -0.1) is 0 Å². The zero-order valence-electron chi connectivity index (χ0n) is 8.01. The summed E-state index contributed by atoms with van der Waals surface area (Å²) in [6.45, 7) is 0. The van der Waals surface area contributed by atoms with Crippen LogP contribution in [0.2, 0.25) is 0 Å². The Hall–Kier alpha value is -1.75. The molecule has 0 spiro atoms. The highest BCUT2D eigenvalue weighted by Crippen LogP contribution is 2.20. The molecule has 0 aliphatic heterocycles. The van der Waals surface area contributed by atoms with Crippen molar-refractivity contribution in [2.45, 2.75) is 0 Å². The van der Waals surface area contributed by atoms with Crippen LogP contribution in [-0.4, -0.2) is 22.8 Å². The Bertz CT molecular complexity index is 465. The number of ether oxygens (including phenoxy) is 1. The fourth-order valence-electron chi connectivity index (χ4n) is 1.14. The van der Waals surface area contributed by atoms with Crippen molar-refractivity contribution in [3.05, 3.63) is 29.3 Å². The van der Waals surface area contributed by atoms with Gasteiger partial charge in [0, 0.05) is 5.56 Å². The lowest BCUT2D eigenvalue weighted by Crippen LogP contribution is -1.84. The molecule has 76 valence electrons. The van der Waals surface area contributed by atoms with E-state index in [1.165, 1.54) is 0 Å². The maximum atomic E-state index is 10.4. The molecule has 1 heterocycles. The first kappa shape index (κ1) is 9.79. The summed E-state index contributed by atoms with van der Waals surface area (Å²) in [4.78, 5) is 14.5. The van der Waals surface area contributed by atoms with E-state index in [4.69, 9.17) is 4.74 Å². The van der Waals surface area contributed by atoms with Crippen LogP contribution in [0.15, 0.2) is 24.3 Å². The van der Waals surface area contributed by atoms with Gasteiger partial charge in [0.1, 0.15) is 5.75 Å². The minimum Gasteiger partial charge on any atom is -0.497 e. The number of hydrogen-bond donors (Lipinski definition) is 0. The van der Waals surface area contributed by atoms with Crippen molar-refractivity contribution < 1.29 is 9.53 Å². The van der Waals surface area contributed by atoms with Gasteiger partial charge in [0.15, 0.2) is 17.1 Å². The van der Waals surface area contributed by atoms with Gasteiger partial charge in [-0.2, -0.15) is 4.37 Å². The van der Waals surface area contributed by atoms with Crippen LogP contribution in [0.1, 0.15) is 9.80 Å². The summed E-state index contributed by atoms with van der Waals surface area (Å²) in [5.41, 5.74) is 0.875. The second kappa shape index (κ2) is 4.18. The Balaban J connectivity index is 2.32. The summed E-state index contributed by atoms with van der Waals surface area (Å²) in [6.07, 6.45) is 0.699. The summed E-state index contributed by atoms with van der Waals surface area (Å²) in [5.74, 6) is 1.36. The lowest BCUT2D eigenvalue weighted by Gasteiger charge is -1.99. The number of carbonyl (C=O) groups excluding carboxylic acids is 1. The molecule has 0 bridgehead atoms. The van der Waals surface area contributed by atoms with Crippen molar-refractivity contribution in [3.63, 3.8) is 0 Å². The highest BCUT2D eigenvalue weighted by atomic mass is 32.1. The molecule has 4 nitrogen and oxygen atoms in total. The number of hydrogen-bond acceptors (Lipinski definition) is 5. The largest absolute Gasteiger partial charge is 0.497 e. The monoisotopic (exact) mass is 220 g/mol. The van der Waals surface area contributed by atoms with Gasteiger partial charge in [0.2, 0.25) is 0 Å². The molecule has 0 aliphatic rings. The Morgan fingerprint density at radius 1 is 1.33 bits per heavy atom. The predicted octanol–water partition coefficient (Wildman–Crippen LogP) is 2.03. The highest BCUT2D eigenvalue weighted by Gasteiger charge is 2.05. The highest BCUT2D eigenvalue weighted by molar-refractivity contribution is 7.07. The molecule has 0 saturated carbocycles. The average Bonchev–Trinajstić information content (AvgIpc) is 2.78. The Labute approximate surface area is 90.7 Å². The van der Waals surface area contributed by atoms with E-state index in [-0.39, 0.29) is 0 Å². The van der Waals surface area contributed by atoms with Gasteiger partial charge in [-0.3, -0.25) is 4.79 Å². The van der Waals surface area contributed by atoms with Gasteiger partial charge in [0.25, 0.3) is 0 Å². The van der Waals surface area contributed by atoms with Gasteiger partial charge >= 0.3 is 0 Å². The predicted molar refractivity (Wildman–Crippen MR) is 57.3 cm³/mol. The number of benzene rings is 1. The van der Waals surface area contributed by atoms with Crippen LogP contribution < -0.4 is 4.74 Å². The van der Waals surface area contributed by atoms with Gasteiger partial charge < -0.3 is 4.74 Å². The Morgan fingerprint density at radius 3 is 2.60 bits per heavy atom. The van der Waals surface area contributed by atoms with Crippen molar-refractivity contribution in [2.75, 3.05) is 7.11 Å². The molecule has 15 heavy (non-hydrogen) atoms. The van der Waals surface area contributed by atoms with Crippen LogP contribution in [0.3, 0.4) is 0 Å². The lowest BCUT2D eigenvalue weighted by molar-refractivity contribution is 0.112. The zero-order valence-corrected chi connectivity index (χ0v) is 8.82. The van der Waals surface area contributed by atoms with Gasteiger partial charge in [-0.1, -0.05) is 0 Å². The van der Waals surface area contributed by atoms with E-state index in [1.807, 2.05) is 24.3 Å². The molecule has 0 fully saturated rings. The molecular weight excluding hydrogens is 212 g/mol. The van der Waals surface area contributed by atoms with Crippen molar-refractivity contribution in [2.24, 2.45) is 0 Å². The van der Waals surface area contributed by atoms with Crippen LogP contribution in [0, 0.1) is 0 Å². The van der Waals surface area contributed by atoms with E-state index in [1.54, 1.807) is 7.11 Å². The fourth-order valence-corrected chi connectivity index (χ4v) is 1.64. The van der Waals surface area contributed by atoms with Crippen LogP contribution in [0.25, 0.3) is 11.4 Å². The van der Waals surface area contributed by atoms with Gasteiger partial charge in [0.05, 0.1) is 7.11 Å². The maximum Gasteiger partial charge on any atom is 0.180 e. The lowest BCUT2D eigenvalue weighted by atomic mass is 10.2. The fraction of sp³-hybridized carbons (Fsp3) is 0.100. The molecule has 2 aromatic rings. The van der Waals surface area contributed by atoms with Gasteiger partial charge in [-0.25, -0.2) is 4.98 Å². The summed E-state index contributed by atoms with van der Waals surface area (Å²) in [6, 6.07) is 7.37. The van der Waals surface area contributed by atoms with Crippen molar-refractivity contribution >= 4 is 17.8 Å². The Kier molecular flexibility index (Phi) is 2.73. The summed E-state index contributed by atoms with van der Waals surface area (Å²) in [5, 5.41) is 0.390. The van der Waals surface area contributed by atoms with Crippen molar-refractivity contribution in [1.29, 1.82) is 0 Å². The molecule has 0 atom stereocenters. The third-order valence-electron chi connectivity index (χ3n) is 1.89. The van der Waals surface area contributed by atoms with Crippen LogP contribution in [0.4, 0.5) is 0 Å². The normalized spacial score (nSPS) is 9.93. The second-order valence-electron chi connectivity index (χ2n) is 2.80. The first-order valence-corrected chi connectivity index (χ1v) is 5.04. The van der Waals surface area contributed by atoms with E-state index in [0.717, 1.165) is 22.8 Å². The second-order valence-corrected chi connectivity index (χ2v) is 3.59. The topological polar surface area (TPSA) is 52.1 Å². The van der Waals surface area contributed by atoms with Crippen molar-refractivity contribution in [1.82, 2.24) is 9.36 Å². The molecule has 0 saturated heterocycles. The van der Waals surface area contributed by atoms with E-state index < -0.39 is 0 Å². The summed E-state index contributed by atoms with van der Waals surface area (Å²) in [7, 11) is 1.61. The maximum absolute atomic E-state index is 10.4. The number of rotatable bonds is 3. The molecule has 2 rings (SSSR count). The quantitative estimate of drug-likeness (QED) is 0.742. The zero-order chi connectivity index (χ0) is 10.7. The Morgan fingerprint density at radius 2 is 2.07 bits per heavy atom. The standard InChI is InChI=1S/C10H8N2O2S/c1-14-8-4-2-7(3-5-8)10-11-9(6-13)15-12-10/h2-6H,1H3. The first-order valence-electron chi connectivity index (χ1n) is 4.27. The van der Waals surface area contributed by atoms with Crippen LogP contribution in [-0.2, 0) is 0 Å². The van der Waals surface area contributed by atoms with Crippen molar-refractivity contribution in [3.8, 4) is 17.1 Å². The molecule has 0 radical (unpaired) electrons. The average molecular weight is 220 g/mol. The summed E-state index contributed by atoms with van der Waals surface area (Å²) < 4.78 is 9.11. The summed E-state index contributed by atoms with van der Waals surface area (Å²) >= 11 is 1.09. The molecule has 1 aromatic heterocycles. The molecule has 5 heteroatoms. The smallest absolute Gasteiger partial charge is 0.180 e. The van der Waals surface area contributed by atoms with E-state index >= 15 is 0 Å². The third kappa shape index (κ3) is 2.02. The molecule has 0 amide bonds. The molecule has 0 N–H and O–H groups in total.